The first-order valence-corrected chi connectivity index (χ1v) is 6.37. The number of hydrogen-bond donors (Lipinski definition) is 1. The molecule has 19 heavy (non-hydrogen) atoms. The maximum Gasteiger partial charge on any atom is 0.171 e. The van der Waals surface area contributed by atoms with E-state index in [0.29, 0.717) is 10.6 Å². The topological polar surface area (TPSA) is 46.5 Å². The Morgan fingerprint density at radius 2 is 2.11 bits per heavy atom. The van der Waals surface area contributed by atoms with Crippen LogP contribution in [0.2, 0.25) is 5.02 Å². The number of aliphatic hydroxyl groups is 1. The van der Waals surface area contributed by atoms with Crippen molar-refractivity contribution < 1.29 is 14.6 Å². The fourth-order valence-electron chi connectivity index (χ4n) is 1.82. The molecule has 1 N–H and O–H groups in total. The van der Waals surface area contributed by atoms with Crippen LogP contribution in [0.25, 0.3) is 5.76 Å². The van der Waals surface area contributed by atoms with Crippen molar-refractivity contribution in [3.05, 3.63) is 52.6 Å². The summed E-state index contributed by atoms with van der Waals surface area (Å²) in [6.07, 6.45) is 2.96. The Morgan fingerprint density at radius 1 is 1.42 bits per heavy atom. The summed E-state index contributed by atoms with van der Waals surface area (Å²) in [7, 11) is 1.42. The molecule has 0 saturated heterocycles. The molecular formula is C14H12Cl2O3. The Balaban J connectivity index is 2.47. The summed E-state index contributed by atoms with van der Waals surface area (Å²) < 4.78 is 5.03. The highest BCUT2D eigenvalue weighted by atomic mass is 35.5. The number of benzene rings is 1. The van der Waals surface area contributed by atoms with Crippen molar-refractivity contribution in [2.45, 2.75) is 11.5 Å². The molecule has 0 radical (unpaired) electrons. The van der Waals surface area contributed by atoms with Gasteiger partial charge in [0, 0.05) is 12.7 Å². The fraction of sp³-hybridized carbons (Fsp3) is 0.214. The van der Waals surface area contributed by atoms with Gasteiger partial charge in [-0.1, -0.05) is 35.3 Å². The molecule has 0 bridgehead atoms. The molecule has 0 fully saturated rings. The van der Waals surface area contributed by atoms with Gasteiger partial charge in [0.05, 0.1) is 17.0 Å². The number of aliphatic hydroxyl groups excluding tert-OH is 1. The normalized spacial score (nSPS) is 25.5. The maximum absolute atomic E-state index is 12.0. The minimum Gasteiger partial charge on any atom is -0.507 e. The summed E-state index contributed by atoms with van der Waals surface area (Å²) in [6, 6.07) is 6.77. The van der Waals surface area contributed by atoms with E-state index in [9.17, 15) is 9.90 Å². The third kappa shape index (κ3) is 2.84. The van der Waals surface area contributed by atoms with E-state index in [1.54, 1.807) is 30.3 Å². The Bertz CT molecular complexity index is 578. The van der Waals surface area contributed by atoms with Crippen LogP contribution in [-0.2, 0) is 9.53 Å². The molecule has 2 rings (SSSR count). The first-order chi connectivity index (χ1) is 8.97. The predicted molar refractivity (Wildman–Crippen MR) is 75.4 cm³/mol. The van der Waals surface area contributed by atoms with Gasteiger partial charge in [-0.2, -0.15) is 0 Å². The highest BCUT2D eigenvalue weighted by Crippen LogP contribution is 2.33. The highest BCUT2D eigenvalue weighted by Gasteiger charge is 2.33. The Kier molecular flexibility index (Phi) is 3.99. The van der Waals surface area contributed by atoms with E-state index in [4.69, 9.17) is 27.9 Å². The van der Waals surface area contributed by atoms with Crippen molar-refractivity contribution in [2.24, 2.45) is 0 Å². The summed E-state index contributed by atoms with van der Waals surface area (Å²) in [5, 5.41) is 9.42. The molecule has 1 atom stereocenters. The van der Waals surface area contributed by atoms with Crippen LogP contribution >= 0.6 is 23.2 Å². The SMILES string of the molecule is COC1(Cl)C=CC(=C(O)c2ccccc2Cl)C(=O)C1. The van der Waals surface area contributed by atoms with Crippen molar-refractivity contribution in [3.63, 3.8) is 0 Å². The molecule has 0 aliphatic heterocycles. The first-order valence-electron chi connectivity index (χ1n) is 5.61. The van der Waals surface area contributed by atoms with Gasteiger partial charge in [-0.05, 0) is 24.3 Å². The van der Waals surface area contributed by atoms with Crippen LogP contribution in [0.3, 0.4) is 0 Å². The second kappa shape index (κ2) is 5.37. The van der Waals surface area contributed by atoms with Gasteiger partial charge in [-0.25, -0.2) is 0 Å². The molecule has 0 spiro atoms. The summed E-state index contributed by atoms with van der Waals surface area (Å²) in [4.78, 5) is 12.0. The zero-order chi connectivity index (χ0) is 14.0. The monoisotopic (exact) mass is 298 g/mol. The third-order valence-electron chi connectivity index (χ3n) is 2.92. The maximum atomic E-state index is 12.0. The number of halogens is 2. The standard InChI is InChI=1S/C14H12Cl2O3/c1-19-14(16)7-6-10(12(17)8-14)13(18)9-4-2-3-5-11(9)15/h2-7,18H,8H2,1H3. The summed E-state index contributed by atoms with van der Waals surface area (Å²) in [5.41, 5.74) is 0.595. The summed E-state index contributed by atoms with van der Waals surface area (Å²) >= 11 is 12.0. The minimum atomic E-state index is -1.14. The molecule has 3 nitrogen and oxygen atoms in total. The van der Waals surface area contributed by atoms with E-state index in [1.807, 2.05) is 0 Å². The average molecular weight is 299 g/mol. The van der Waals surface area contributed by atoms with Crippen LogP contribution in [0.5, 0.6) is 0 Å². The van der Waals surface area contributed by atoms with Crippen molar-refractivity contribution in [1.29, 1.82) is 0 Å². The first kappa shape index (κ1) is 14.1. The molecule has 1 aromatic carbocycles. The average Bonchev–Trinajstić information content (AvgIpc) is 2.39. The number of Topliss-reactive ketones (excluding diaryl/α,β-unsaturated/α-hetero) is 1. The molecule has 0 amide bonds. The molecule has 1 aromatic rings. The number of alkyl halides is 1. The van der Waals surface area contributed by atoms with Gasteiger partial charge >= 0.3 is 0 Å². The molecule has 1 unspecified atom stereocenters. The lowest BCUT2D eigenvalue weighted by Gasteiger charge is -2.25. The van der Waals surface area contributed by atoms with Gasteiger partial charge < -0.3 is 9.84 Å². The third-order valence-corrected chi connectivity index (χ3v) is 3.67. The van der Waals surface area contributed by atoms with E-state index in [-0.39, 0.29) is 23.5 Å². The number of allylic oxidation sites excluding steroid dienone is 2. The number of ether oxygens (including phenoxy) is 1. The van der Waals surface area contributed by atoms with Gasteiger partial charge in [0.25, 0.3) is 0 Å². The molecule has 0 saturated carbocycles. The Hall–Kier alpha value is -1.29. The molecule has 0 heterocycles. The molecule has 1 aliphatic carbocycles. The number of carbonyl (C=O) groups excluding carboxylic acids is 1. The number of methoxy groups -OCH3 is 1. The summed E-state index contributed by atoms with van der Waals surface area (Å²) in [6.45, 7) is 0. The number of ketones is 1. The van der Waals surface area contributed by atoms with Gasteiger partial charge in [0.1, 0.15) is 5.76 Å². The van der Waals surface area contributed by atoms with Crippen LogP contribution in [0.1, 0.15) is 12.0 Å². The van der Waals surface area contributed by atoms with Crippen LogP contribution in [0, 0.1) is 0 Å². The van der Waals surface area contributed by atoms with Crippen molar-refractivity contribution in [2.75, 3.05) is 7.11 Å². The lowest BCUT2D eigenvalue weighted by Crippen LogP contribution is -2.29. The Morgan fingerprint density at radius 3 is 2.68 bits per heavy atom. The predicted octanol–water partition coefficient (Wildman–Crippen LogP) is 3.72. The van der Waals surface area contributed by atoms with Crippen LogP contribution in [0.4, 0.5) is 0 Å². The number of carbonyl (C=O) groups is 1. The van der Waals surface area contributed by atoms with Crippen molar-refractivity contribution in [1.82, 2.24) is 0 Å². The molecule has 5 heteroatoms. The molecule has 0 aromatic heterocycles. The van der Waals surface area contributed by atoms with E-state index >= 15 is 0 Å². The summed E-state index contributed by atoms with van der Waals surface area (Å²) in [5.74, 6) is -0.446. The number of hydrogen-bond acceptors (Lipinski definition) is 3. The molecule has 1 aliphatic rings. The second-order valence-corrected chi connectivity index (χ2v) is 5.21. The highest BCUT2D eigenvalue weighted by molar-refractivity contribution is 6.32. The minimum absolute atomic E-state index is 0.0363. The quantitative estimate of drug-likeness (QED) is 0.514. The second-order valence-electron chi connectivity index (χ2n) is 4.17. The van der Waals surface area contributed by atoms with Crippen LogP contribution in [0.15, 0.2) is 42.0 Å². The van der Waals surface area contributed by atoms with Gasteiger partial charge in [-0.15, -0.1) is 0 Å². The molecular weight excluding hydrogens is 287 g/mol. The van der Waals surface area contributed by atoms with Gasteiger partial charge in [0.15, 0.2) is 10.8 Å². The Labute approximate surface area is 121 Å². The van der Waals surface area contributed by atoms with Crippen LogP contribution in [-0.4, -0.2) is 23.1 Å². The molecule has 100 valence electrons. The van der Waals surface area contributed by atoms with Crippen LogP contribution < -0.4 is 0 Å². The lowest BCUT2D eigenvalue weighted by atomic mass is 9.94. The van der Waals surface area contributed by atoms with E-state index < -0.39 is 5.06 Å². The number of rotatable bonds is 2. The van der Waals surface area contributed by atoms with Gasteiger partial charge in [0.2, 0.25) is 0 Å². The zero-order valence-electron chi connectivity index (χ0n) is 10.2. The van der Waals surface area contributed by atoms with Gasteiger partial charge in [-0.3, -0.25) is 4.79 Å². The van der Waals surface area contributed by atoms with Crippen molar-refractivity contribution in [3.8, 4) is 0 Å². The zero-order valence-corrected chi connectivity index (χ0v) is 11.7. The van der Waals surface area contributed by atoms with Crippen molar-refractivity contribution >= 4 is 34.7 Å². The lowest BCUT2D eigenvalue weighted by molar-refractivity contribution is -0.118. The fourth-order valence-corrected chi connectivity index (χ4v) is 2.23. The smallest absolute Gasteiger partial charge is 0.171 e. The van der Waals surface area contributed by atoms with E-state index in [2.05, 4.69) is 0 Å². The largest absolute Gasteiger partial charge is 0.507 e. The van der Waals surface area contributed by atoms with E-state index in [1.165, 1.54) is 13.2 Å². The van der Waals surface area contributed by atoms with E-state index in [0.717, 1.165) is 0 Å².